The maximum Gasteiger partial charge on any atom is 0.0626 e. The molecule has 0 saturated heterocycles. The minimum Gasteiger partial charge on any atom is -0.394 e. The monoisotopic (exact) mass is 220 g/mol. The predicted molar refractivity (Wildman–Crippen MR) is 65.0 cm³/mol. The largest absolute Gasteiger partial charge is 0.394 e. The Hall–Kier alpha value is -0.900. The van der Waals surface area contributed by atoms with Crippen molar-refractivity contribution in [2.24, 2.45) is 5.73 Å². The molecule has 16 heavy (non-hydrogen) atoms. The van der Waals surface area contributed by atoms with E-state index in [1.807, 2.05) is 30.3 Å². The number of hydrogen-bond acceptors (Lipinski definition) is 3. The third kappa shape index (κ3) is 2.82. The average Bonchev–Trinajstić information content (AvgIpc) is 2.73. The van der Waals surface area contributed by atoms with Gasteiger partial charge in [-0.1, -0.05) is 30.3 Å². The highest BCUT2D eigenvalue weighted by atomic mass is 16.3. The lowest BCUT2D eigenvalue weighted by Crippen LogP contribution is -2.34. The van der Waals surface area contributed by atoms with Crippen LogP contribution in [0.15, 0.2) is 30.3 Å². The molecular formula is C13H20N2O. The summed E-state index contributed by atoms with van der Waals surface area (Å²) in [6.07, 6.45) is 3.22. The van der Waals surface area contributed by atoms with Crippen molar-refractivity contribution in [3.8, 4) is 0 Å². The number of rotatable bonds is 4. The normalized spacial score (nSPS) is 26.9. The summed E-state index contributed by atoms with van der Waals surface area (Å²) in [5, 5.41) is 12.9. The second-order valence-corrected chi connectivity index (χ2v) is 4.58. The van der Waals surface area contributed by atoms with Gasteiger partial charge in [-0.25, -0.2) is 0 Å². The van der Waals surface area contributed by atoms with Crippen LogP contribution in [-0.4, -0.2) is 23.8 Å². The van der Waals surface area contributed by atoms with Gasteiger partial charge in [-0.2, -0.15) is 0 Å². The van der Waals surface area contributed by atoms with Crippen LogP contribution in [0, 0.1) is 0 Å². The summed E-state index contributed by atoms with van der Waals surface area (Å²) in [5.41, 5.74) is 7.02. The molecule has 1 fully saturated rings. The van der Waals surface area contributed by atoms with Crippen molar-refractivity contribution in [2.75, 3.05) is 6.61 Å². The molecule has 88 valence electrons. The van der Waals surface area contributed by atoms with E-state index in [2.05, 4.69) is 5.32 Å². The van der Waals surface area contributed by atoms with Crippen LogP contribution in [0.5, 0.6) is 0 Å². The summed E-state index contributed by atoms with van der Waals surface area (Å²) in [7, 11) is 0. The van der Waals surface area contributed by atoms with Gasteiger partial charge < -0.3 is 16.2 Å². The van der Waals surface area contributed by atoms with Crippen LogP contribution in [-0.2, 0) is 0 Å². The molecule has 4 N–H and O–H groups in total. The molecule has 1 aliphatic rings. The van der Waals surface area contributed by atoms with E-state index in [0.29, 0.717) is 12.1 Å². The van der Waals surface area contributed by atoms with Crippen LogP contribution in [0.25, 0.3) is 0 Å². The molecule has 2 unspecified atom stereocenters. The van der Waals surface area contributed by atoms with Gasteiger partial charge in [-0.15, -0.1) is 0 Å². The molecule has 0 aromatic heterocycles. The van der Waals surface area contributed by atoms with Crippen molar-refractivity contribution in [3.05, 3.63) is 35.9 Å². The number of nitrogens with one attached hydrogen (secondary N) is 1. The second kappa shape index (κ2) is 5.43. The van der Waals surface area contributed by atoms with E-state index >= 15 is 0 Å². The molecule has 0 bridgehead atoms. The molecule has 0 amide bonds. The van der Waals surface area contributed by atoms with Gasteiger partial charge in [-0.05, 0) is 24.8 Å². The Kier molecular flexibility index (Phi) is 3.93. The number of hydrogen-bond donors (Lipinski definition) is 3. The third-order valence-electron chi connectivity index (χ3n) is 3.29. The molecule has 3 atom stereocenters. The average molecular weight is 220 g/mol. The lowest BCUT2D eigenvalue weighted by atomic mass is 10.1. The first-order valence-electron chi connectivity index (χ1n) is 5.97. The summed E-state index contributed by atoms with van der Waals surface area (Å²) in [5.74, 6) is 0. The molecule has 1 aliphatic carbocycles. The highest BCUT2D eigenvalue weighted by molar-refractivity contribution is 5.19. The zero-order chi connectivity index (χ0) is 11.4. The van der Waals surface area contributed by atoms with Crippen molar-refractivity contribution in [2.45, 2.75) is 37.4 Å². The Labute approximate surface area is 96.7 Å². The van der Waals surface area contributed by atoms with Crippen molar-refractivity contribution < 1.29 is 5.11 Å². The molecule has 1 aromatic carbocycles. The van der Waals surface area contributed by atoms with Gasteiger partial charge in [-0.3, -0.25) is 0 Å². The summed E-state index contributed by atoms with van der Waals surface area (Å²) in [4.78, 5) is 0. The number of benzene rings is 1. The Morgan fingerprint density at radius 3 is 2.62 bits per heavy atom. The lowest BCUT2D eigenvalue weighted by molar-refractivity contribution is 0.232. The first-order valence-corrected chi connectivity index (χ1v) is 5.97. The van der Waals surface area contributed by atoms with Crippen LogP contribution >= 0.6 is 0 Å². The van der Waals surface area contributed by atoms with E-state index in [0.717, 1.165) is 24.8 Å². The summed E-state index contributed by atoms with van der Waals surface area (Å²) in [6.45, 7) is 0.135. The highest BCUT2D eigenvalue weighted by Gasteiger charge is 2.24. The van der Waals surface area contributed by atoms with Crippen LogP contribution in [0.2, 0.25) is 0 Å². The van der Waals surface area contributed by atoms with Crippen LogP contribution in [0.1, 0.15) is 30.9 Å². The molecule has 0 heterocycles. The standard InChI is InChI=1S/C13H20N2O/c14-11-6-7-12(8-11)15-13(9-16)10-4-2-1-3-5-10/h1-5,11-13,15-16H,6-9,14H2/t11?,12?,13-/m0/s1. The van der Waals surface area contributed by atoms with E-state index < -0.39 is 0 Å². The molecule has 0 radical (unpaired) electrons. The van der Waals surface area contributed by atoms with Gasteiger partial charge in [0.2, 0.25) is 0 Å². The predicted octanol–water partition coefficient (Wildman–Crippen LogP) is 1.19. The SMILES string of the molecule is NC1CCC(N[C@@H](CO)c2ccccc2)C1. The molecule has 0 spiro atoms. The van der Waals surface area contributed by atoms with Gasteiger partial charge in [0.25, 0.3) is 0 Å². The lowest BCUT2D eigenvalue weighted by Gasteiger charge is -2.21. The van der Waals surface area contributed by atoms with Gasteiger partial charge in [0, 0.05) is 12.1 Å². The Bertz CT molecular complexity index is 315. The van der Waals surface area contributed by atoms with Crippen molar-refractivity contribution in [1.82, 2.24) is 5.32 Å². The fraction of sp³-hybridized carbons (Fsp3) is 0.538. The Balaban J connectivity index is 1.96. The molecule has 3 heteroatoms. The van der Waals surface area contributed by atoms with Gasteiger partial charge >= 0.3 is 0 Å². The van der Waals surface area contributed by atoms with Gasteiger partial charge in [0.1, 0.15) is 0 Å². The second-order valence-electron chi connectivity index (χ2n) is 4.58. The van der Waals surface area contributed by atoms with Gasteiger partial charge in [0.05, 0.1) is 12.6 Å². The first-order chi connectivity index (χ1) is 7.79. The highest BCUT2D eigenvalue weighted by Crippen LogP contribution is 2.21. The summed E-state index contributed by atoms with van der Waals surface area (Å²) >= 11 is 0. The van der Waals surface area contributed by atoms with E-state index in [9.17, 15) is 5.11 Å². The summed E-state index contributed by atoms with van der Waals surface area (Å²) in [6, 6.07) is 10.9. The van der Waals surface area contributed by atoms with E-state index in [-0.39, 0.29) is 12.6 Å². The Morgan fingerprint density at radius 1 is 1.31 bits per heavy atom. The zero-order valence-electron chi connectivity index (χ0n) is 9.47. The number of nitrogens with two attached hydrogens (primary N) is 1. The topological polar surface area (TPSA) is 58.3 Å². The quantitative estimate of drug-likeness (QED) is 0.714. The molecule has 0 aliphatic heterocycles. The van der Waals surface area contributed by atoms with E-state index in [1.165, 1.54) is 0 Å². The van der Waals surface area contributed by atoms with Gasteiger partial charge in [0.15, 0.2) is 0 Å². The minimum atomic E-state index is 0.0384. The maximum atomic E-state index is 9.41. The van der Waals surface area contributed by atoms with Crippen LogP contribution in [0.4, 0.5) is 0 Å². The number of aliphatic hydroxyl groups is 1. The van der Waals surface area contributed by atoms with Crippen molar-refractivity contribution in [1.29, 1.82) is 0 Å². The zero-order valence-corrected chi connectivity index (χ0v) is 9.47. The van der Waals surface area contributed by atoms with Crippen molar-refractivity contribution >= 4 is 0 Å². The molecule has 1 saturated carbocycles. The fourth-order valence-electron chi connectivity index (χ4n) is 2.39. The molecule has 3 nitrogen and oxygen atoms in total. The smallest absolute Gasteiger partial charge is 0.0626 e. The molecular weight excluding hydrogens is 200 g/mol. The summed E-state index contributed by atoms with van der Waals surface area (Å²) < 4.78 is 0. The van der Waals surface area contributed by atoms with Crippen LogP contribution < -0.4 is 11.1 Å². The molecule has 2 rings (SSSR count). The van der Waals surface area contributed by atoms with E-state index in [4.69, 9.17) is 5.73 Å². The van der Waals surface area contributed by atoms with E-state index in [1.54, 1.807) is 0 Å². The van der Waals surface area contributed by atoms with Crippen LogP contribution in [0.3, 0.4) is 0 Å². The first kappa shape index (κ1) is 11.6. The van der Waals surface area contributed by atoms with Crippen molar-refractivity contribution in [3.63, 3.8) is 0 Å². The minimum absolute atomic E-state index is 0.0384. The maximum absolute atomic E-state index is 9.41. The molecule has 1 aromatic rings. The third-order valence-corrected chi connectivity index (χ3v) is 3.29. The number of aliphatic hydroxyl groups excluding tert-OH is 1. The fourth-order valence-corrected chi connectivity index (χ4v) is 2.39. The Morgan fingerprint density at radius 2 is 2.06 bits per heavy atom.